The molecule has 3 heterocycles. The lowest BCUT2D eigenvalue weighted by Gasteiger charge is -2.18. The molecule has 3 rings (SSSR count). The van der Waals surface area contributed by atoms with E-state index >= 15 is 0 Å². The Hall–Kier alpha value is -2.40. The first-order valence-electron chi connectivity index (χ1n) is 10.5. The molecule has 0 aliphatic carbocycles. The van der Waals surface area contributed by atoms with E-state index in [2.05, 4.69) is 82.7 Å². The lowest BCUT2D eigenvalue weighted by atomic mass is 10.0. The standard InChI is InChI=1S/C24H34N4O/c1-14(2)20-10-9-19(24(26-20)25-15(3)4)22-16(5)11-21-23(27-22)17(6)12-28(21)18(7)13-29-8/h9-12,14-15,18H,13H2,1-8H3,(H,25,26)/t18-/m0/s1. The van der Waals surface area contributed by atoms with Crippen molar-refractivity contribution >= 4 is 16.9 Å². The SMILES string of the molecule is COC[C@H](C)n1cc(C)c2nc(-c3ccc(C(C)C)nc3NC(C)C)c(C)cc21. The van der Waals surface area contributed by atoms with E-state index < -0.39 is 0 Å². The molecule has 0 amide bonds. The van der Waals surface area contributed by atoms with Gasteiger partial charge in [-0.1, -0.05) is 13.8 Å². The lowest BCUT2D eigenvalue weighted by Crippen LogP contribution is -2.13. The number of ether oxygens (including phenoxy) is 1. The number of anilines is 1. The monoisotopic (exact) mass is 394 g/mol. The fourth-order valence-electron chi connectivity index (χ4n) is 3.75. The molecule has 3 aromatic rings. The molecule has 3 aromatic heterocycles. The third kappa shape index (κ3) is 4.30. The van der Waals surface area contributed by atoms with Crippen molar-refractivity contribution in [3.05, 3.63) is 41.2 Å². The van der Waals surface area contributed by atoms with Crippen LogP contribution in [-0.2, 0) is 4.74 Å². The summed E-state index contributed by atoms with van der Waals surface area (Å²) in [6, 6.07) is 7.08. The van der Waals surface area contributed by atoms with Crippen LogP contribution in [0.3, 0.4) is 0 Å². The average Bonchev–Trinajstić information content (AvgIpc) is 2.96. The Bertz CT molecular complexity index is 1000. The van der Waals surface area contributed by atoms with Crippen molar-refractivity contribution in [1.29, 1.82) is 0 Å². The zero-order valence-corrected chi connectivity index (χ0v) is 19.0. The van der Waals surface area contributed by atoms with Gasteiger partial charge in [-0.3, -0.25) is 0 Å². The van der Waals surface area contributed by atoms with Gasteiger partial charge in [0.2, 0.25) is 0 Å². The van der Waals surface area contributed by atoms with Crippen LogP contribution in [0.4, 0.5) is 5.82 Å². The topological polar surface area (TPSA) is 52.0 Å². The van der Waals surface area contributed by atoms with E-state index in [9.17, 15) is 0 Å². The summed E-state index contributed by atoms with van der Waals surface area (Å²) in [5, 5.41) is 3.52. The van der Waals surface area contributed by atoms with Crippen molar-refractivity contribution in [2.75, 3.05) is 19.0 Å². The molecule has 1 N–H and O–H groups in total. The highest BCUT2D eigenvalue weighted by atomic mass is 16.5. The van der Waals surface area contributed by atoms with Crippen molar-refractivity contribution in [1.82, 2.24) is 14.5 Å². The molecule has 29 heavy (non-hydrogen) atoms. The number of hydrogen-bond acceptors (Lipinski definition) is 4. The molecule has 5 nitrogen and oxygen atoms in total. The molecule has 0 saturated heterocycles. The van der Waals surface area contributed by atoms with Crippen LogP contribution < -0.4 is 5.32 Å². The van der Waals surface area contributed by atoms with Crippen LogP contribution in [0.5, 0.6) is 0 Å². The Kier molecular flexibility index (Phi) is 6.27. The first kappa shape index (κ1) is 21.3. The zero-order chi connectivity index (χ0) is 21.3. The number of nitrogens with zero attached hydrogens (tertiary/aromatic N) is 3. The Morgan fingerprint density at radius 2 is 1.76 bits per heavy atom. The van der Waals surface area contributed by atoms with Crippen molar-refractivity contribution in [2.24, 2.45) is 0 Å². The number of rotatable bonds is 7. The highest BCUT2D eigenvalue weighted by Gasteiger charge is 2.18. The van der Waals surface area contributed by atoms with E-state index in [1.807, 2.05) is 0 Å². The molecule has 0 aromatic carbocycles. The van der Waals surface area contributed by atoms with Crippen LogP contribution in [0.1, 0.15) is 63.4 Å². The molecule has 1 atom stereocenters. The first-order valence-corrected chi connectivity index (χ1v) is 10.5. The average molecular weight is 395 g/mol. The van der Waals surface area contributed by atoms with E-state index in [0.29, 0.717) is 18.6 Å². The number of aromatic nitrogens is 3. The van der Waals surface area contributed by atoms with Crippen LogP contribution in [0, 0.1) is 13.8 Å². The summed E-state index contributed by atoms with van der Waals surface area (Å²) in [5.74, 6) is 1.29. The van der Waals surface area contributed by atoms with Crippen LogP contribution in [0.15, 0.2) is 24.4 Å². The quantitative estimate of drug-likeness (QED) is 0.545. The van der Waals surface area contributed by atoms with Gasteiger partial charge in [-0.25, -0.2) is 9.97 Å². The molecular formula is C24H34N4O. The number of methoxy groups -OCH3 is 1. The van der Waals surface area contributed by atoms with Gasteiger partial charge >= 0.3 is 0 Å². The van der Waals surface area contributed by atoms with E-state index in [4.69, 9.17) is 14.7 Å². The lowest BCUT2D eigenvalue weighted by molar-refractivity contribution is 0.164. The number of nitrogens with one attached hydrogen (secondary N) is 1. The minimum atomic E-state index is 0.258. The van der Waals surface area contributed by atoms with E-state index in [1.165, 1.54) is 5.56 Å². The predicted molar refractivity (Wildman–Crippen MR) is 122 cm³/mol. The maximum Gasteiger partial charge on any atom is 0.135 e. The minimum Gasteiger partial charge on any atom is -0.383 e. The van der Waals surface area contributed by atoms with Gasteiger partial charge in [0.25, 0.3) is 0 Å². The molecule has 0 saturated carbocycles. The number of fused-ring (bicyclic) bond motifs is 1. The van der Waals surface area contributed by atoms with E-state index in [1.54, 1.807) is 7.11 Å². The summed E-state index contributed by atoms with van der Waals surface area (Å²) in [5.41, 5.74) is 7.65. The van der Waals surface area contributed by atoms with Crippen LogP contribution >= 0.6 is 0 Å². The van der Waals surface area contributed by atoms with Crippen molar-refractivity contribution in [2.45, 2.75) is 66.5 Å². The van der Waals surface area contributed by atoms with E-state index in [0.717, 1.165) is 39.4 Å². The van der Waals surface area contributed by atoms with Gasteiger partial charge < -0.3 is 14.6 Å². The summed E-state index contributed by atoms with van der Waals surface area (Å²) < 4.78 is 7.63. The number of aryl methyl sites for hydroxylation is 2. The largest absolute Gasteiger partial charge is 0.383 e. The normalized spacial score (nSPS) is 12.9. The fraction of sp³-hybridized carbons (Fsp3) is 0.500. The third-order valence-corrected chi connectivity index (χ3v) is 5.25. The maximum absolute atomic E-state index is 5.36. The second kappa shape index (κ2) is 8.54. The summed E-state index contributed by atoms with van der Waals surface area (Å²) in [7, 11) is 1.74. The van der Waals surface area contributed by atoms with Crippen LogP contribution in [0.25, 0.3) is 22.3 Å². The molecule has 156 valence electrons. The molecule has 5 heteroatoms. The second-order valence-electron chi connectivity index (χ2n) is 8.63. The Balaban J connectivity index is 2.17. The Morgan fingerprint density at radius 1 is 1.03 bits per heavy atom. The molecular weight excluding hydrogens is 360 g/mol. The summed E-state index contributed by atoms with van der Waals surface area (Å²) in [6.07, 6.45) is 2.18. The van der Waals surface area contributed by atoms with Crippen molar-refractivity contribution in [3.8, 4) is 11.3 Å². The van der Waals surface area contributed by atoms with Gasteiger partial charge in [0, 0.05) is 30.6 Å². The van der Waals surface area contributed by atoms with Crippen LogP contribution in [-0.4, -0.2) is 34.3 Å². The number of pyridine rings is 2. The maximum atomic E-state index is 5.36. The first-order chi connectivity index (χ1) is 13.7. The number of hydrogen-bond donors (Lipinski definition) is 1. The van der Waals surface area contributed by atoms with E-state index in [-0.39, 0.29) is 6.04 Å². The summed E-state index contributed by atoms with van der Waals surface area (Å²) in [4.78, 5) is 10.0. The van der Waals surface area contributed by atoms with Crippen LogP contribution in [0.2, 0.25) is 0 Å². The van der Waals surface area contributed by atoms with Gasteiger partial charge in [0.15, 0.2) is 0 Å². The highest BCUT2D eigenvalue weighted by molar-refractivity contribution is 5.86. The van der Waals surface area contributed by atoms with Crippen molar-refractivity contribution in [3.63, 3.8) is 0 Å². The van der Waals surface area contributed by atoms with Crippen molar-refractivity contribution < 1.29 is 4.74 Å². The molecule has 0 fully saturated rings. The Morgan fingerprint density at radius 3 is 2.38 bits per heavy atom. The van der Waals surface area contributed by atoms with Gasteiger partial charge in [-0.15, -0.1) is 0 Å². The third-order valence-electron chi connectivity index (χ3n) is 5.25. The second-order valence-corrected chi connectivity index (χ2v) is 8.63. The zero-order valence-electron chi connectivity index (χ0n) is 19.0. The molecule has 0 bridgehead atoms. The summed E-state index contributed by atoms with van der Waals surface area (Å²) >= 11 is 0. The van der Waals surface area contributed by atoms with Gasteiger partial charge in [-0.2, -0.15) is 0 Å². The Labute approximate surface area is 174 Å². The molecule has 0 aliphatic rings. The highest BCUT2D eigenvalue weighted by Crippen LogP contribution is 2.33. The van der Waals surface area contributed by atoms with Gasteiger partial charge in [-0.05, 0) is 69.9 Å². The minimum absolute atomic E-state index is 0.258. The smallest absolute Gasteiger partial charge is 0.135 e. The molecule has 0 spiro atoms. The molecule has 0 radical (unpaired) electrons. The summed E-state index contributed by atoms with van der Waals surface area (Å²) in [6.45, 7) is 15.7. The van der Waals surface area contributed by atoms with Gasteiger partial charge in [0.05, 0.1) is 29.4 Å². The van der Waals surface area contributed by atoms with Gasteiger partial charge in [0.1, 0.15) is 5.82 Å². The predicted octanol–water partition coefficient (Wildman–Crippen LogP) is 5.87. The fourth-order valence-corrected chi connectivity index (χ4v) is 3.75. The molecule has 0 unspecified atom stereocenters. The molecule has 0 aliphatic heterocycles.